The van der Waals surface area contributed by atoms with Gasteiger partial charge in [0.1, 0.15) is 11.2 Å². The van der Waals surface area contributed by atoms with Gasteiger partial charge in [-0.3, -0.25) is 0 Å². The van der Waals surface area contributed by atoms with Crippen molar-refractivity contribution >= 4 is 21.4 Å². The summed E-state index contributed by atoms with van der Waals surface area (Å²) in [7, 11) is -3.57. The maximum Gasteiger partial charge on any atom is 0.194 e. The smallest absolute Gasteiger partial charge is 0.194 e. The standard InChI is InChI=1S/C17H17ClFNO2S/c1-11-2-7-14(10-16(11)18)23(21,22)17-15(8-9-20-17)12-3-5-13(19)6-4-12/h2-7,10,15,17,20H,8-9H2,1H3. The zero-order valence-electron chi connectivity index (χ0n) is 12.6. The lowest BCUT2D eigenvalue weighted by molar-refractivity contribution is 0.558. The van der Waals surface area contributed by atoms with E-state index in [1.807, 2.05) is 6.92 Å². The largest absolute Gasteiger partial charge is 0.300 e. The zero-order valence-corrected chi connectivity index (χ0v) is 14.2. The van der Waals surface area contributed by atoms with Gasteiger partial charge in [0, 0.05) is 10.9 Å². The molecule has 0 bridgehead atoms. The van der Waals surface area contributed by atoms with Crippen LogP contribution in [0.3, 0.4) is 0 Å². The molecule has 2 aromatic rings. The Morgan fingerprint density at radius 1 is 1.17 bits per heavy atom. The van der Waals surface area contributed by atoms with Gasteiger partial charge in [-0.1, -0.05) is 29.8 Å². The Bertz CT molecular complexity index is 821. The summed E-state index contributed by atoms with van der Waals surface area (Å²) in [6.07, 6.45) is 0.690. The summed E-state index contributed by atoms with van der Waals surface area (Å²) in [6.45, 7) is 2.43. The van der Waals surface area contributed by atoms with Crippen molar-refractivity contribution in [3.8, 4) is 0 Å². The quantitative estimate of drug-likeness (QED) is 0.915. The highest BCUT2D eigenvalue weighted by Gasteiger charge is 2.39. The Morgan fingerprint density at radius 2 is 1.87 bits per heavy atom. The Labute approximate surface area is 140 Å². The van der Waals surface area contributed by atoms with Crippen molar-refractivity contribution in [2.75, 3.05) is 6.54 Å². The predicted molar refractivity (Wildman–Crippen MR) is 88.9 cm³/mol. The maximum atomic E-state index is 13.1. The van der Waals surface area contributed by atoms with Crippen LogP contribution in [0, 0.1) is 12.7 Å². The molecule has 0 spiro atoms. The minimum atomic E-state index is -3.57. The lowest BCUT2D eigenvalue weighted by Crippen LogP contribution is -2.34. The van der Waals surface area contributed by atoms with E-state index in [0.29, 0.717) is 18.0 Å². The molecule has 0 aliphatic carbocycles. The molecule has 0 amide bonds. The molecule has 1 saturated heterocycles. The lowest BCUT2D eigenvalue weighted by Gasteiger charge is -2.20. The van der Waals surface area contributed by atoms with Crippen molar-refractivity contribution in [1.29, 1.82) is 0 Å². The molecule has 3 rings (SSSR count). The Balaban J connectivity index is 1.97. The Hall–Kier alpha value is -1.43. The molecule has 1 fully saturated rings. The van der Waals surface area contributed by atoms with Crippen LogP contribution in [0.15, 0.2) is 47.4 Å². The fourth-order valence-corrected chi connectivity index (χ4v) is 5.09. The highest BCUT2D eigenvalue weighted by molar-refractivity contribution is 7.92. The fraction of sp³-hybridized carbons (Fsp3) is 0.294. The average Bonchev–Trinajstić information content (AvgIpc) is 3.01. The summed E-state index contributed by atoms with van der Waals surface area (Å²) in [6, 6.07) is 10.8. The van der Waals surface area contributed by atoms with Crippen LogP contribution in [-0.2, 0) is 9.84 Å². The van der Waals surface area contributed by atoms with E-state index in [2.05, 4.69) is 5.32 Å². The number of aryl methyl sites for hydroxylation is 1. The molecule has 1 heterocycles. The van der Waals surface area contributed by atoms with Gasteiger partial charge in [-0.15, -0.1) is 0 Å². The van der Waals surface area contributed by atoms with Gasteiger partial charge in [-0.25, -0.2) is 12.8 Å². The van der Waals surface area contributed by atoms with Crippen molar-refractivity contribution in [3.63, 3.8) is 0 Å². The van der Waals surface area contributed by atoms with Crippen LogP contribution in [0.5, 0.6) is 0 Å². The summed E-state index contributed by atoms with van der Waals surface area (Å²) in [5.74, 6) is -0.537. The van der Waals surface area contributed by atoms with E-state index < -0.39 is 15.2 Å². The minimum Gasteiger partial charge on any atom is -0.300 e. The molecule has 0 saturated carbocycles. The summed E-state index contributed by atoms with van der Waals surface area (Å²) >= 11 is 6.07. The number of sulfone groups is 1. The van der Waals surface area contributed by atoms with Crippen LogP contribution >= 0.6 is 11.6 Å². The van der Waals surface area contributed by atoms with Gasteiger partial charge < -0.3 is 5.32 Å². The van der Waals surface area contributed by atoms with Gasteiger partial charge in [-0.2, -0.15) is 0 Å². The second-order valence-corrected chi connectivity index (χ2v) is 8.25. The first-order chi connectivity index (χ1) is 10.9. The zero-order chi connectivity index (χ0) is 16.6. The first-order valence-corrected chi connectivity index (χ1v) is 9.31. The monoisotopic (exact) mass is 353 g/mol. The van der Waals surface area contributed by atoms with Crippen molar-refractivity contribution in [2.24, 2.45) is 0 Å². The van der Waals surface area contributed by atoms with Gasteiger partial charge in [0.2, 0.25) is 0 Å². The number of benzene rings is 2. The summed E-state index contributed by atoms with van der Waals surface area (Å²) in [5, 5.41) is 2.77. The summed E-state index contributed by atoms with van der Waals surface area (Å²) in [5.41, 5.74) is 1.66. The third-order valence-corrected chi connectivity index (χ3v) is 6.75. The van der Waals surface area contributed by atoms with Crippen molar-refractivity contribution in [2.45, 2.75) is 29.5 Å². The second kappa shape index (κ2) is 6.23. The summed E-state index contributed by atoms with van der Waals surface area (Å²) in [4.78, 5) is 0.208. The Morgan fingerprint density at radius 3 is 2.52 bits per heavy atom. The van der Waals surface area contributed by atoms with Crippen molar-refractivity contribution < 1.29 is 12.8 Å². The van der Waals surface area contributed by atoms with E-state index in [9.17, 15) is 12.8 Å². The highest BCUT2D eigenvalue weighted by atomic mass is 35.5. The van der Waals surface area contributed by atoms with Crippen LogP contribution in [0.1, 0.15) is 23.5 Å². The van der Waals surface area contributed by atoms with Gasteiger partial charge in [-0.05, 0) is 55.3 Å². The van der Waals surface area contributed by atoms with Crippen LogP contribution < -0.4 is 5.32 Å². The third kappa shape index (κ3) is 3.13. The molecule has 2 atom stereocenters. The predicted octanol–water partition coefficient (Wildman–Crippen LogP) is 3.66. The number of hydrogen-bond donors (Lipinski definition) is 1. The highest BCUT2D eigenvalue weighted by Crippen LogP contribution is 2.34. The van der Waals surface area contributed by atoms with Crippen LogP contribution in [0.2, 0.25) is 5.02 Å². The van der Waals surface area contributed by atoms with Gasteiger partial charge in [0.15, 0.2) is 9.84 Å². The molecular formula is C17H17ClFNO2S. The number of halogens is 2. The van der Waals surface area contributed by atoms with Crippen LogP contribution in [-0.4, -0.2) is 20.3 Å². The van der Waals surface area contributed by atoms with Crippen molar-refractivity contribution in [1.82, 2.24) is 5.32 Å². The van der Waals surface area contributed by atoms with E-state index in [1.54, 1.807) is 24.3 Å². The molecule has 1 aliphatic heterocycles. The van der Waals surface area contributed by atoms with Crippen molar-refractivity contribution in [3.05, 3.63) is 64.4 Å². The van der Waals surface area contributed by atoms with Crippen LogP contribution in [0.4, 0.5) is 4.39 Å². The van der Waals surface area contributed by atoms with E-state index in [4.69, 9.17) is 11.6 Å². The van der Waals surface area contributed by atoms with E-state index in [-0.39, 0.29) is 16.6 Å². The first kappa shape index (κ1) is 16.4. The van der Waals surface area contributed by atoms with Gasteiger partial charge in [0.25, 0.3) is 0 Å². The molecule has 23 heavy (non-hydrogen) atoms. The van der Waals surface area contributed by atoms with Gasteiger partial charge in [0.05, 0.1) is 4.90 Å². The number of hydrogen-bond acceptors (Lipinski definition) is 3. The number of rotatable bonds is 3. The normalized spacial score (nSPS) is 21.5. The lowest BCUT2D eigenvalue weighted by atomic mass is 9.98. The molecule has 1 aliphatic rings. The Kier molecular flexibility index (Phi) is 4.45. The fourth-order valence-electron chi connectivity index (χ4n) is 2.95. The van der Waals surface area contributed by atoms with Crippen LogP contribution in [0.25, 0.3) is 0 Å². The number of nitrogens with one attached hydrogen (secondary N) is 1. The molecule has 6 heteroatoms. The molecule has 0 aromatic heterocycles. The maximum absolute atomic E-state index is 13.1. The minimum absolute atomic E-state index is 0.208. The third-order valence-electron chi connectivity index (χ3n) is 4.27. The molecule has 3 nitrogen and oxygen atoms in total. The second-order valence-electron chi connectivity index (χ2n) is 5.78. The molecule has 1 N–H and O–H groups in total. The molecule has 2 unspecified atom stereocenters. The van der Waals surface area contributed by atoms with E-state index in [1.165, 1.54) is 18.2 Å². The van der Waals surface area contributed by atoms with E-state index in [0.717, 1.165) is 11.1 Å². The molecule has 0 radical (unpaired) electrons. The van der Waals surface area contributed by atoms with Gasteiger partial charge >= 0.3 is 0 Å². The average molecular weight is 354 g/mol. The van der Waals surface area contributed by atoms with E-state index >= 15 is 0 Å². The molecular weight excluding hydrogens is 337 g/mol. The SMILES string of the molecule is Cc1ccc(S(=O)(=O)C2NCCC2c2ccc(F)cc2)cc1Cl. The molecule has 2 aromatic carbocycles. The summed E-state index contributed by atoms with van der Waals surface area (Å²) < 4.78 is 39.0. The molecule has 122 valence electrons. The first-order valence-electron chi connectivity index (χ1n) is 7.38. The topological polar surface area (TPSA) is 46.2 Å².